The summed E-state index contributed by atoms with van der Waals surface area (Å²) >= 11 is 5.74. The van der Waals surface area contributed by atoms with Crippen molar-refractivity contribution in [2.24, 2.45) is 0 Å². The quantitative estimate of drug-likeness (QED) is 0.484. The van der Waals surface area contributed by atoms with Gasteiger partial charge in [-0.2, -0.15) is 0 Å². The molecular weight excluding hydrogens is 460 g/mol. The van der Waals surface area contributed by atoms with Crippen LogP contribution >= 0.6 is 12.2 Å². The van der Waals surface area contributed by atoms with Crippen LogP contribution in [-0.2, 0) is 9.53 Å². The molecule has 9 nitrogen and oxygen atoms in total. The molecule has 0 bridgehead atoms. The number of fused-ring (bicyclic) bond motifs is 1. The number of nitrogens with one attached hydrogen (secondary N) is 1. The molecule has 0 aliphatic carbocycles. The highest BCUT2D eigenvalue weighted by Crippen LogP contribution is 2.46. The molecule has 0 radical (unpaired) electrons. The van der Waals surface area contributed by atoms with Gasteiger partial charge in [0, 0.05) is 17.3 Å². The maximum absolute atomic E-state index is 13.0. The van der Waals surface area contributed by atoms with Crippen molar-refractivity contribution in [2.45, 2.75) is 13.0 Å². The van der Waals surface area contributed by atoms with Crippen LogP contribution in [0.5, 0.6) is 28.7 Å². The molecule has 2 aliphatic heterocycles. The van der Waals surface area contributed by atoms with Crippen LogP contribution in [0.2, 0.25) is 0 Å². The first-order valence-corrected chi connectivity index (χ1v) is 10.9. The van der Waals surface area contributed by atoms with Crippen LogP contribution in [0.1, 0.15) is 18.5 Å². The van der Waals surface area contributed by atoms with Gasteiger partial charge >= 0.3 is 5.97 Å². The second-order valence-electron chi connectivity index (χ2n) is 7.46. The lowest BCUT2D eigenvalue weighted by molar-refractivity contribution is -0.136. The van der Waals surface area contributed by atoms with Gasteiger partial charge in [-0.1, -0.05) is 0 Å². The summed E-state index contributed by atoms with van der Waals surface area (Å²) in [5.41, 5.74) is 2.34. The number of anilines is 1. The summed E-state index contributed by atoms with van der Waals surface area (Å²) < 4.78 is 33.1. The van der Waals surface area contributed by atoms with Crippen molar-refractivity contribution in [1.82, 2.24) is 5.32 Å². The number of methoxy groups -OCH3 is 4. The van der Waals surface area contributed by atoms with E-state index in [2.05, 4.69) is 5.32 Å². The molecule has 0 unspecified atom stereocenters. The lowest BCUT2D eigenvalue weighted by atomic mass is 9.93. The third-order valence-corrected chi connectivity index (χ3v) is 6.02. The van der Waals surface area contributed by atoms with Crippen LogP contribution in [0.3, 0.4) is 0 Å². The van der Waals surface area contributed by atoms with E-state index in [1.54, 1.807) is 24.1 Å². The minimum absolute atomic E-state index is 0.372. The van der Waals surface area contributed by atoms with Crippen molar-refractivity contribution >= 4 is 29.0 Å². The number of carbonyl (C=O) groups excluding carboxylic acids is 1. The highest BCUT2D eigenvalue weighted by atomic mass is 32.1. The Morgan fingerprint density at radius 3 is 2.35 bits per heavy atom. The fourth-order valence-electron chi connectivity index (χ4n) is 4.18. The molecule has 0 spiro atoms. The number of allylic oxidation sites excluding steroid dienone is 1. The third kappa shape index (κ3) is 3.94. The molecular formula is C24H26N2O7S. The number of thiocarbonyl (C=S) groups is 1. The molecule has 4 rings (SSSR count). The molecule has 0 amide bonds. The highest BCUT2D eigenvalue weighted by molar-refractivity contribution is 7.80. The number of esters is 1. The van der Waals surface area contributed by atoms with Crippen LogP contribution in [0.4, 0.5) is 5.69 Å². The molecule has 34 heavy (non-hydrogen) atoms. The van der Waals surface area contributed by atoms with Crippen molar-refractivity contribution in [3.63, 3.8) is 0 Å². The van der Waals surface area contributed by atoms with Gasteiger partial charge in [0.15, 0.2) is 28.1 Å². The van der Waals surface area contributed by atoms with Gasteiger partial charge in [-0.15, -0.1) is 0 Å². The molecule has 1 N–H and O–H groups in total. The van der Waals surface area contributed by atoms with E-state index in [4.69, 9.17) is 40.6 Å². The molecule has 180 valence electrons. The first-order valence-electron chi connectivity index (χ1n) is 10.5. The summed E-state index contributed by atoms with van der Waals surface area (Å²) in [7, 11) is 5.93. The predicted octanol–water partition coefficient (Wildman–Crippen LogP) is 3.37. The zero-order valence-corrected chi connectivity index (χ0v) is 20.4. The molecule has 2 aromatic carbocycles. The van der Waals surface area contributed by atoms with E-state index in [1.165, 1.54) is 21.3 Å². The van der Waals surface area contributed by atoms with E-state index in [9.17, 15) is 4.79 Å². The Morgan fingerprint density at radius 2 is 1.71 bits per heavy atom. The Morgan fingerprint density at radius 1 is 1.00 bits per heavy atom. The molecule has 2 aliphatic rings. The number of benzene rings is 2. The maximum atomic E-state index is 13.0. The van der Waals surface area contributed by atoms with Crippen molar-refractivity contribution in [3.8, 4) is 28.7 Å². The lowest BCUT2D eigenvalue weighted by Gasteiger charge is -2.38. The Kier molecular flexibility index (Phi) is 6.69. The van der Waals surface area contributed by atoms with Gasteiger partial charge in [0.2, 0.25) is 5.75 Å². The first kappa shape index (κ1) is 23.5. The molecule has 1 atom stereocenters. The van der Waals surface area contributed by atoms with E-state index < -0.39 is 12.0 Å². The Balaban J connectivity index is 1.86. The molecule has 2 aromatic rings. The number of carbonyl (C=O) groups is 1. The second-order valence-corrected chi connectivity index (χ2v) is 7.85. The van der Waals surface area contributed by atoms with Gasteiger partial charge in [0.1, 0.15) is 13.2 Å². The van der Waals surface area contributed by atoms with Gasteiger partial charge in [0.05, 0.1) is 45.7 Å². The molecule has 0 fully saturated rings. The van der Waals surface area contributed by atoms with Crippen LogP contribution in [-0.4, -0.2) is 52.7 Å². The van der Waals surface area contributed by atoms with Gasteiger partial charge < -0.3 is 33.7 Å². The number of hydrogen-bond donors (Lipinski definition) is 1. The fourth-order valence-corrected chi connectivity index (χ4v) is 4.54. The van der Waals surface area contributed by atoms with Crippen molar-refractivity contribution < 1.29 is 33.2 Å². The molecule has 0 saturated carbocycles. The molecule has 2 heterocycles. The second kappa shape index (κ2) is 9.68. The molecule has 10 heteroatoms. The van der Waals surface area contributed by atoms with E-state index in [0.717, 1.165) is 5.69 Å². The predicted molar refractivity (Wildman–Crippen MR) is 129 cm³/mol. The van der Waals surface area contributed by atoms with Gasteiger partial charge in [-0.05, 0) is 43.4 Å². The minimum atomic E-state index is -0.650. The zero-order valence-electron chi connectivity index (χ0n) is 19.6. The summed E-state index contributed by atoms with van der Waals surface area (Å²) in [6.07, 6.45) is 0. The van der Waals surface area contributed by atoms with Crippen molar-refractivity contribution in [2.75, 3.05) is 46.6 Å². The van der Waals surface area contributed by atoms with E-state index in [1.807, 2.05) is 25.1 Å². The highest BCUT2D eigenvalue weighted by Gasteiger charge is 2.38. The lowest BCUT2D eigenvalue weighted by Crippen LogP contribution is -2.48. The normalized spacial score (nSPS) is 17.1. The zero-order chi connectivity index (χ0) is 24.4. The van der Waals surface area contributed by atoms with Crippen molar-refractivity contribution in [3.05, 3.63) is 47.2 Å². The summed E-state index contributed by atoms with van der Waals surface area (Å²) in [6.45, 7) is 2.77. The topological polar surface area (TPSA) is 87.7 Å². The van der Waals surface area contributed by atoms with Gasteiger partial charge in [0.25, 0.3) is 0 Å². The van der Waals surface area contributed by atoms with Gasteiger partial charge in [-0.3, -0.25) is 4.90 Å². The minimum Gasteiger partial charge on any atom is -0.493 e. The van der Waals surface area contributed by atoms with Crippen LogP contribution in [0.15, 0.2) is 41.6 Å². The Bertz CT molecular complexity index is 1160. The number of rotatable bonds is 6. The van der Waals surface area contributed by atoms with E-state index in [0.29, 0.717) is 63.9 Å². The van der Waals surface area contributed by atoms with Gasteiger partial charge in [-0.25, -0.2) is 4.79 Å². The summed E-state index contributed by atoms with van der Waals surface area (Å²) in [4.78, 5) is 14.8. The standard InChI is InChI=1S/C24H26N2O7S/c1-13-19(23(27)31-5)20(15-7-9-17(28-2)22(30-4)21(15)29-3)25-24(34)26(13)14-6-8-16-18(12-14)33-11-10-32-16/h6-9,12,20H,10-11H2,1-5H3,(H,25,34)/t20-/m1/s1. The van der Waals surface area contributed by atoms with Crippen molar-refractivity contribution in [1.29, 1.82) is 0 Å². The summed E-state index contributed by atoms with van der Waals surface area (Å²) in [5, 5.41) is 3.66. The number of hydrogen-bond acceptors (Lipinski definition) is 8. The SMILES string of the molecule is COC(=O)C1=C(C)N(c2ccc3c(c2)OCCO3)C(=S)N[C@@H]1c1ccc(OC)c(OC)c1OC. The monoisotopic (exact) mass is 486 g/mol. The smallest absolute Gasteiger partial charge is 0.337 e. The Hall–Kier alpha value is -3.66. The average molecular weight is 487 g/mol. The van der Waals surface area contributed by atoms with E-state index in [-0.39, 0.29) is 0 Å². The molecule has 0 aromatic heterocycles. The van der Waals surface area contributed by atoms with Crippen LogP contribution < -0.4 is 33.9 Å². The van der Waals surface area contributed by atoms with Crippen LogP contribution in [0, 0.1) is 0 Å². The maximum Gasteiger partial charge on any atom is 0.337 e. The average Bonchev–Trinajstić information content (AvgIpc) is 2.86. The third-order valence-electron chi connectivity index (χ3n) is 5.72. The fraction of sp³-hybridized carbons (Fsp3) is 0.333. The first-order chi connectivity index (χ1) is 16.4. The summed E-state index contributed by atoms with van der Waals surface area (Å²) in [5.74, 6) is 2.10. The number of nitrogens with zero attached hydrogens (tertiary/aromatic N) is 1. The number of ether oxygens (including phenoxy) is 6. The summed E-state index contributed by atoms with van der Waals surface area (Å²) in [6, 6.07) is 8.41. The molecule has 0 saturated heterocycles. The largest absolute Gasteiger partial charge is 0.493 e. The van der Waals surface area contributed by atoms with Crippen LogP contribution in [0.25, 0.3) is 0 Å². The Labute approximate surface area is 203 Å². The van der Waals surface area contributed by atoms with E-state index >= 15 is 0 Å².